The number of aromatic nitrogens is 1. The normalized spacial score (nSPS) is 10.9. The van der Waals surface area contributed by atoms with Gasteiger partial charge >= 0.3 is 0 Å². The number of hydrogen-bond acceptors (Lipinski definition) is 7. The van der Waals surface area contributed by atoms with Crippen molar-refractivity contribution >= 4 is 35.3 Å². The molecule has 0 saturated carbocycles. The van der Waals surface area contributed by atoms with Crippen LogP contribution in [0.5, 0.6) is 17.2 Å². The molecule has 0 aliphatic rings. The van der Waals surface area contributed by atoms with Crippen LogP contribution in [0, 0.1) is 0 Å². The fourth-order valence-electron chi connectivity index (χ4n) is 2.74. The monoisotopic (exact) mass is 479 g/mol. The predicted molar refractivity (Wildman–Crippen MR) is 132 cm³/mol. The molecule has 0 saturated heterocycles. The van der Waals surface area contributed by atoms with Gasteiger partial charge in [-0.15, -0.1) is 23.5 Å². The van der Waals surface area contributed by atoms with E-state index in [9.17, 15) is 10.2 Å². The molecule has 7 heteroatoms. The summed E-state index contributed by atoms with van der Waals surface area (Å²) < 4.78 is 6.18. The Labute approximate surface area is 200 Å². The van der Waals surface area contributed by atoms with E-state index >= 15 is 0 Å². The van der Waals surface area contributed by atoms with Crippen molar-refractivity contribution in [1.82, 2.24) is 4.98 Å². The van der Waals surface area contributed by atoms with Gasteiger partial charge in [-0.3, -0.25) is 0 Å². The largest absolute Gasteiger partial charge is 0.508 e. The first-order valence-corrected chi connectivity index (χ1v) is 12.4. The Balaban J connectivity index is 1.40. The number of thioether (sulfide) groups is 2. The Morgan fingerprint density at radius 3 is 1.78 bits per heavy atom. The predicted octanol–water partition coefficient (Wildman–Crippen LogP) is 6.93. The average molecular weight is 480 g/mol. The molecular weight excluding hydrogens is 458 g/mol. The molecule has 0 radical (unpaired) electrons. The van der Waals surface area contributed by atoms with Gasteiger partial charge in [0.05, 0.1) is 4.58 Å². The number of phenols is 2. The molecule has 4 aromatic rings. The first-order valence-electron chi connectivity index (χ1n) is 9.87. The van der Waals surface area contributed by atoms with E-state index in [0.29, 0.717) is 6.61 Å². The summed E-state index contributed by atoms with van der Waals surface area (Å²) in [5, 5.41) is 20.1. The zero-order chi connectivity index (χ0) is 22.2. The van der Waals surface area contributed by atoms with E-state index in [-0.39, 0.29) is 16.1 Å². The zero-order valence-corrected chi connectivity index (χ0v) is 19.4. The zero-order valence-electron chi connectivity index (χ0n) is 17.0. The number of aromatic hydroxyl groups is 2. The summed E-state index contributed by atoms with van der Waals surface area (Å²) in [4.78, 5) is 7.54. The van der Waals surface area contributed by atoms with Crippen molar-refractivity contribution in [1.29, 1.82) is 0 Å². The molecule has 1 heterocycles. The highest BCUT2D eigenvalue weighted by atomic mass is 32.2. The van der Waals surface area contributed by atoms with Crippen LogP contribution in [0.25, 0.3) is 0 Å². The molecule has 162 valence electrons. The first-order chi connectivity index (χ1) is 15.6. The summed E-state index contributed by atoms with van der Waals surface area (Å²) in [5.74, 6) is 1.30. The van der Waals surface area contributed by atoms with Gasteiger partial charge in [0.25, 0.3) is 0 Å². The molecule has 4 rings (SSSR count). The minimum absolute atomic E-state index is 0.0756. The first kappa shape index (κ1) is 22.5. The van der Waals surface area contributed by atoms with E-state index in [1.807, 2.05) is 66.7 Å². The fourth-order valence-corrected chi connectivity index (χ4v) is 5.84. The van der Waals surface area contributed by atoms with Gasteiger partial charge in [-0.25, -0.2) is 4.98 Å². The molecule has 0 bridgehead atoms. The number of phenolic OH excluding ortho intramolecular Hbond substituents is 2. The van der Waals surface area contributed by atoms with Gasteiger partial charge in [-0.1, -0.05) is 17.8 Å². The maximum atomic E-state index is 9.55. The van der Waals surface area contributed by atoms with Crippen LogP contribution in [0.1, 0.15) is 0 Å². The number of hydrogen-bond donors (Lipinski definition) is 2. The smallest absolute Gasteiger partial charge is 0.119 e. The highest BCUT2D eigenvalue weighted by Gasteiger charge is 2.14. The Hall–Kier alpha value is -2.74. The van der Waals surface area contributed by atoms with E-state index in [1.54, 1.807) is 65.7 Å². The second-order valence-electron chi connectivity index (χ2n) is 6.71. The summed E-state index contributed by atoms with van der Waals surface area (Å²) in [6, 6.07) is 28.2. The van der Waals surface area contributed by atoms with Crippen LogP contribution in [0.4, 0.5) is 0 Å². The number of nitrogens with zero attached hydrogens (tertiary/aromatic N) is 1. The lowest BCUT2D eigenvalue weighted by Gasteiger charge is -2.17. The summed E-state index contributed by atoms with van der Waals surface area (Å²) in [7, 11) is 0. The Morgan fingerprint density at radius 1 is 0.688 bits per heavy atom. The van der Waals surface area contributed by atoms with E-state index in [2.05, 4.69) is 4.98 Å². The Kier molecular flexibility index (Phi) is 7.87. The van der Waals surface area contributed by atoms with Crippen LogP contribution in [-0.2, 0) is 0 Å². The summed E-state index contributed by atoms with van der Waals surface area (Å²) >= 11 is 4.96. The Morgan fingerprint density at radius 2 is 1.25 bits per heavy atom. The maximum absolute atomic E-state index is 9.55. The molecule has 0 aliphatic heterocycles. The molecular formula is C25H21NO3S3. The van der Waals surface area contributed by atoms with Crippen LogP contribution in [-0.4, -0.2) is 26.4 Å². The molecule has 0 amide bonds. The van der Waals surface area contributed by atoms with Crippen molar-refractivity contribution in [3.63, 3.8) is 0 Å². The summed E-state index contributed by atoms with van der Waals surface area (Å²) in [6.45, 7) is 0.490. The average Bonchev–Trinajstić information content (AvgIpc) is 2.82. The highest BCUT2D eigenvalue weighted by Crippen LogP contribution is 2.37. The maximum Gasteiger partial charge on any atom is 0.119 e. The molecule has 0 fully saturated rings. The van der Waals surface area contributed by atoms with Crippen molar-refractivity contribution in [2.75, 3.05) is 6.61 Å². The molecule has 0 unspecified atom stereocenters. The van der Waals surface area contributed by atoms with Crippen LogP contribution in [0.2, 0.25) is 0 Å². The van der Waals surface area contributed by atoms with E-state index < -0.39 is 0 Å². The Bertz CT molecular complexity index is 1060. The number of pyridine rings is 1. The van der Waals surface area contributed by atoms with Gasteiger partial charge < -0.3 is 14.9 Å². The third-order valence-corrected chi connectivity index (χ3v) is 7.70. The minimum Gasteiger partial charge on any atom is -0.508 e. The molecule has 0 spiro atoms. The van der Waals surface area contributed by atoms with Gasteiger partial charge in [-0.05, 0) is 84.9 Å². The van der Waals surface area contributed by atoms with Crippen LogP contribution < -0.4 is 4.74 Å². The molecule has 2 N–H and O–H groups in total. The van der Waals surface area contributed by atoms with Crippen molar-refractivity contribution in [3.05, 3.63) is 97.2 Å². The van der Waals surface area contributed by atoms with Gasteiger partial charge in [0, 0.05) is 20.9 Å². The number of rotatable bonds is 9. The third kappa shape index (κ3) is 6.88. The molecule has 0 atom stereocenters. The lowest BCUT2D eigenvalue weighted by Crippen LogP contribution is -2.10. The van der Waals surface area contributed by atoms with Gasteiger partial charge in [0.2, 0.25) is 0 Å². The van der Waals surface area contributed by atoms with E-state index in [1.165, 1.54) is 0 Å². The van der Waals surface area contributed by atoms with Crippen molar-refractivity contribution in [2.24, 2.45) is 0 Å². The molecule has 0 aliphatic carbocycles. The third-order valence-electron chi connectivity index (χ3n) is 4.28. The standard InChI is InChI=1S/C25H21NO3S3/c27-18-4-10-22(11-5-18)31-25(32-23-12-6-19(28)7-13-23)17-29-20-8-14-21(15-9-20)30-24-3-1-2-16-26-24/h1-16,25,27-28H,17H2. The second-order valence-corrected chi connectivity index (χ2v) is 10.6. The van der Waals surface area contributed by atoms with Crippen molar-refractivity contribution in [3.8, 4) is 17.2 Å². The topological polar surface area (TPSA) is 62.6 Å². The van der Waals surface area contributed by atoms with Crippen molar-refractivity contribution < 1.29 is 14.9 Å². The summed E-state index contributed by atoms with van der Waals surface area (Å²) in [5.41, 5.74) is 0. The lowest BCUT2D eigenvalue weighted by atomic mass is 10.3. The van der Waals surface area contributed by atoms with Crippen LogP contribution in [0.3, 0.4) is 0 Å². The quantitative estimate of drug-likeness (QED) is 0.199. The minimum atomic E-state index is 0.0756. The van der Waals surface area contributed by atoms with Crippen molar-refractivity contribution in [2.45, 2.75) is 24.3 Å². The highest BCUT2D eigenvalue weighted by molar-refractivity contribution is 8.17. The molecule has 3 aromatic carbocycles. The molecule has 1 aromatic heterocycles. The van der Waals surface area contributed by atoms with Crippen LogP contribution in [0.15, 0.2) is 117 Å². The van der Waals surface area contributed by atoms with E-state index in [0.717, 1.165) is 25.5 Å². The van der Waals surface area contributed by atoms with Gasteiger partial charge in [0.15, 0.2) is 0 Å². The second kappa shape index (κ2) is 11.2. The fraction of sp³-hybridized carbons (Fsp3) is 0.0800. The molecule has 32 heavy (non-hydrogen) atoms. The van der Waals surface area contributed by atoms with Gasteiger partial charge in [0.1, 0.15) is 28.9 Å². The number of ether oxygens (including phenoxy) is 1. The van der Waals surface area contributed by atoms with E-state index in [4.69, 9.17) is 4.74 Å². The van der Waals surface area contributed by atoms with Gasteiger partial charge in [-0.2, -0.15) is 0 Å². The lowest BCUT2D eigenvalue weighted by molar-refractivity contribution is 0.337. The summed E-state index contributed by atoms with van der Waals surface area (Å²) in [6.07, 6.45) is 1.79. The molecule has 4 nitrogen and oxygen atoms in total. The SMILES string of the molecule is Oc1ccc(SC(COc2ccc(Sc3ccccn3)cc2)Sc2ccc(O)cc2)cc1. The van der Waals surface area contributed by atoms with Crippen LogP contribution >= 0.6 is 35.3 Å². The number of benzene rings is 3.